The van der Waals surface area contributed by atoms with E-state index in [9.17, 15) is 22.0 Å². The largest absolute Gasteiger partial charge is 0.465 e. The van der Waals surface area contributed by atoms with Crippen LogP contribution in [0.5, 0.6) is 0 Å². The fourth-order valence-electron chi connectivity index (χ4n) is 5.26. The van der Waals surface area contributed by atoms with Gasteiger partial charge >= 0.3 is 5.97 Å². The van der Waals surface area contributed by atoms with Gasteiger partial charge in [0.05, 0.1) is 35.4 Å². The Kier molecular flexibility index (Phi) is 7.79. The second-order valence-electron chi connectivity index (χ2n) is 10.1. The lowest BCUT2D eigenvalue weighted by atomic mass is 9.96. The minimum atomic E-state index is -4.49. The molecule has 0 atom stereocenters. The van der Waals surface area contributed by atoms with Crippen LogP contribution in [0.2, 0.25) is 5.02 Å². The van der Waals surface area contributed by atoms with E-state index in [-0.39, 0.29) is 42.6 Å². The first-order valence-corrected chi connectivity index (χ1v) is 16.0. The van der Waals surface area contributed by atoms with Crippen molar-refractivity contribution in [3.05, 3.63) is 130 Å². The van der Waals surface area contributed by atoms with Crippen molar-refractivity contribution >= 4 is 54.8 Å². The molecular weight excluding hydrogens is 638 g/mol. The van der Waals surface area contributed by atoms with Gasteiger partial charge in [0.25, 0.3) is 10.0 Å². The monoisotopic (exact) mass is 658 g/mol. The number of rotatable bonds is 6. The highest BCUT2D eigenvalue weighted by atomic mass is 35.5. The van der Waals surface area contributed by atoms with E-state index in [0.29, 0.717) is 27.8 Å². The Labute approximate surface area is 266 Å². The molecule has 0 bridgehead atoms. The third-order valence-corrected chi connectivity index (χ3v) is 10.2. The number of nitrogens with zero attached hydrogens (tertiary/aromatic N) is 2. The first-order chi connectivity index (χ1) is 21.5. The zero-order valence-electron chi connectivity index (χ0n) is 23.6. The number of ether oxygens (including phenoxy) is 1. The SMILES string of the molecule is [C-]#[N+]c1sccc1-c1c(-c2cccc(-c3ccc(C(=O)OC)cc3Cl)c2)n(S(=O)(=O)c2ccc(C)c(F)c2)c2ccc(F)cc12. The maximum atomic E-state index is 14.8. The quantitative estimate of drug-likeness (QED) is 0.132. The summed E-state index contributed by atoms with van der Waals surface area (Å²) in [6.45, 7) is 9.29. The van der Waals surface area contributed by atoms with Crippen molar-refractivity contribution in [2.75, 3.05) is 7.11 Å². The summed E-state index contributed by atoms with van der Waals surface area (Å²) in [7, 11) is -3.22. The standard InChI is InChI=1S/C34H21ClF2N2O4S2/c1-19-7-10-24(18-29(19)37)45(41,42)39-30-12-9-23(36)17-27(30)31(26-13-14-44-33(26)38-2)32(39)21-6-4-5-20(15-21)25-11-8-22(16-28(25)35)34(40)43-3/h4-18H,1,3H3. The smallest absolute Gasteiger partial charge is 0.337 e. The molecule has 45 heavy (non-hydrogen) atoms. The molecule has 11 heteroatoms. The number of hydrogen-bond donors (Lipinski definition) is 0. The van der Waals surface area contributed by atoms with E-state index >= 15 is 0 Å². The fourth-order valence-corrected chi connectivity index (χ4v) is 7.80. The Morgan fingerprint density at radius 3 is 2.44 bits per heavy atom. The van der Waals surface area contributed by atoms with Crippen molar-refractivity contribution in [3.63, 3.8) is 0 Å². The Balaban J connectivity index is 1.71. The maximum Gasteiger partial charge on any atom is 0.337 e. The predicted octanol–water partition coefficient (Wildman–Crippen LogP) is 9.52. The molecule has 6 aromatic rings. The first kappa shape index (κ1) is 30.2. The van der Waals surface area contributed by atoms with Gasteiger partial charge in [0.15, 0.2) is 0 Å². The van der Waals surface area contributed by atoms with Gasteiger partial charge in [-0.05, 0) is 72.0 Å². The topological polar surface area (TPSA) is 69.7 Å². The van der Waals surface area contributed by atoms with Crippen LogP contribution in [0.15, 0.2) is 95.2 Å². The van der Waals surface area contributed by atoms with Crippen LogP contribution in [0.25, 0.3) is 49.3 Å². The van der Waals surface area contributed by atoms with Crippen molar-refractivity contribution in [3.8, 4) is 33.5 Å². The Bertz CT molecular complexity index is 2320. The molecule has 2 aromatic heterocycles. The third kappa shape index (κ3) is 5.19. The van der Waals surface area contributed by atoms with E-state index in [1.54, 1.807) is 47.8 Å². The highest BCUT2D eigenvalue weighted by Gasteiger charge is 2.30. The first-order valence-electron chi connectivity index (χ1n) is 13.3. The number of hydrogen-bond acceptors (Lipinski definition) is 5. The summed E-state index contributed by atoms with van der Waals surface area (Å²) < 4.78 is 64.3. The number of halogens is 3. The molecule has 4 aromatic carbocycles. The van der Waals surface area contributed by atoms with Crippen LogP contribution in [0.1, 0.15) is 15.9 Å². The number of aryl methyl sites for hydroxylation is 1. The van der Waals surface area contributed by atoms with E-state index in [0.717, 1.165) is 16.1 Å². The summed E-state index contributed by atoms with van der Waals surface area (Å²) >= 11 is 7.76. The molecule has 2 heterocycles. The van der Waals surface area contributed by atoms with Crippen LogP contribution in [0.4, 0.5) is 13.8 Å². The molecule has 6 rings (SSSR count). The lowest BCUT2D eigenvalue weighted by Gasteiger charge is -2.15. The van der Waals surface area contributed by atoms with E-state index < -0.39 is 27.6 Å². The number of carbonyl (C=O) groups is 1. The van der Waals surface area contributed by atoms with Gasteiger partial charge in [-0.15, -0.1) is 0 Å². The number of aromatic nitrogens is 1. The molecule has 0 unspecified atom stereocenters. The molecule has 0 aliphatic carbocycles. The minimum Gasteiger partial charge on any atom is -0.465 e. The van der Waals surface area contributed by atoms with Crippen molar-refractivity contribution < 1.29 is 26.7 Å². The van der Waals surface area contributed by atoms with Gasteiger partial charge < -0.3 is 4.74 Å². The summed E-state index contributed by atoms with van der Waals surface area (Å²) in [5.41, 5.74) is 3.15. The van der Waals surface area contributed by atoms with Crippen molar-refractivity contribution in [1.29, 1.82) is 0 Å². The average molecular weight is 659 g/mol. The zero-order chi connectivity index (χ0) is 32.0. The molecule has 0 radical (unpaired) electrons. The summed E-state index contributed by atoms with van der Waals surface area (Å²) in [6.07, 6.45) is 0. The fraction of sp³-hybridized carbons (Fsp3) is 0.0588. The normalized spacial score (nSPS) is 11.5. The number of benzene rings is 4. The van der Waals surface area contributed by atoms with Gasteiger partial charge in [-0.3, -0.25) is 0 Å². The van der Waals surface area contributed by atoms with Crippen LogP contribution >= 0.6 is 22.9 Å². The molecule has 0 aliphatic heterocycles. The van der Waals surface area contributed by atoms with Gasteiger partial charge in [0, 0.05) is 32.7 Å². The lowest BCUT2D eigenvalue weighted by Crippen LogP contribution is -2.15. The van der Waals surface area contributed by atoms with Crippen LogP contribution in [0, 0.1) is 25.1 Å². The van der Waals surface area contributed by atoms with Gasteiger partial charge in [-0.25, -0.2) is 30.8 Å². The van der Waals surface area contributed by atoms with Gasteiger partial charge in [-0.1, -0.05) is 48.0 Å². The zero-order valence-corrected chi connectivity index (χ0v) is 26.0. The third-order valence-electron chi connectivity index (χ3n) is 7.42. The number of carbonyl (C=O) groups excluding carboxylic acids is 1. The molecule has 6 nitrogen and oxygen atoms in total. The van der Waals surface area contributed by atoms with Gasteiger partial charge in [-0.2, -0.15) is 11.3 Å². The molecule has 0 aliphatic rings. The van der Waals surface area contributed by atoms with Crippen molar-refractivity contribution in [2.45, 2.75) is 11.8 Å². The number of fused-ring (bicyclic) bond motifs is 1. The predicted molar refractivity (Wildman–Crippen MR) is 172 cm³/mol. The molecule has 0 N–H and O–H groups in total. The summed E-state index contributed by atoms with van der Waals surface area (Å²) in [5.74, 6) is -1.85. The molecular formula is C34H21ClF2N2O4S2. The van der Waals surface area contributed by atoms with Crippen LogP contribution in [0.3, 0.4) is 0 Å². The van der Waals surface area contributed by atoms with Gasteiger partial charge in [0.2, 0.25) is 5.00 Å². The molecule has 0 amide bonds. The van der Waals surface area contributed by atoms with Crippen LogP contribution in [-0.4, -0.2) is 25.5 Å². The van der Waals surface area contributed by atoms with Crippen LogP contribution in [-0.2, 0) is 14.8 Å². The molecule has 224 valence electrons. The Morgan fingerprint density at radius 2 is 1.73 bits per heavy atom. The Morgan fingerprint density at radius 1 is 0.956 bits per heavy atom. The molecule has 0 saturated heterocycles. The Hall–Kier alpha value is -4.82. The second kappa shape index (κ2) is 11.6. The van der Waals surface area contributed by atoms with Crippen molar-refractivity contribution in [1.82, 2.24) is 3.97 Å². The van der Waals surface area contributed by atoms with E-state index in [1.165, 1.54) is 55.7 Å². The molecule has 0 saturated carbocycles. The van der Waals surface area contributed by atoms with E-state index in [2.05, 4.69) is 4.85 Å². The average Bonchev–Trinajstić information content (AvgIpc) is 3.64. The highest BCUT2D eigenvalue weighted by molar-refractivity contribution is 7.90. The number of methoxy groups -OCH3 is 1. The van der Waals surface area contributed by atoms with E-state index in [1.807, 2.05) is 0 Å². The maximum absolute atomic E-state index is 14.8. The molecule has 0 fully saturated rings. The summed E-state index contributed by atoms with van der Waals surface area (Å²) in [5, 5.41) is 2.51. The highest BCUT2D eigenvalue weighted by Crippen LogP contribution is 2.48. The van der Waals surface area contributed by atoms with E-state index in [4.69, 9.17) is 22.9 Å². The minimum absolute atomic E-state index is 0.149. The van der Waals surface area contributed by atoms with Crippen molar-refractivity contribution in [2.24, 2.45) is 0 Å². The molecule has 0 spiro atoms. The second-order valence-corrected chi connectivity index (χ2v) is 13.2. The van der Waals surface area contributed by atoms with Crippen LogP contribution < -0.4 is 0 Å². The summed E-state index contributed by atoms with van der Waals surface area (Å²) in [4.78, 5) is 15.4. The summed E-state index contributed by atoms with van der Waals surface area (Å²) in [6, 6.07) is 20.7. The number of thiophene rings is 1. The number of esters is 1. The van der Waals surface area contributed by atoms with Gasteiger partial charge in [0.1, 0.15) is 11.6 Å². The lowest BCUT2D eigenvalue weighted by molar-refractivity contribution is 0.0600.